The van der Waals surface area contributed by atoms with Gasteiger partial charge in [0.2, 0.25) is 5.91 Å². The summed E-state index contributed by atoms with van der Waals surface area (Å²) in [6, 6.07) is 16.7. The lowest BCUT2D eigenvalue weighted by atomic mass is 9.94. The van der Waals surface area contributed by atoms with Crippen LogP contribution in [0.1, 0.15) is 27.5 Å². The second-order valence-corrected chi connectivity index (χ2v) is 5.98. The average molecular weight is 337 g/mol. The molecule has 0 fully saturated rings. The number of Topliss-reactive ketones (excluding diaryl/α,β-unsaturated/α-hetero) is 1. The van der Waals surface area contributed by atoms with Crippen LogP contribution in [0.5, 0.6) is 0 Å². The predicted octanol–water partition coefficient (Wildman–Crippen LogP) is 3.74. The van der Waals surface area contributed by atoms with E-state index in [2.05, 4.69) is 10.3 Å². The van der Waals surface area contributed by atoms with Crippen LogP contribution in [0.15, 0.2) is 54.6 Å². The third-order valence-corrected chi connectivity index (χ3v) is 4.48. The molecule has 5 heteroatoms. The summed E-state index contributed by atoms with van der Waals surface area (Å²) in [5, 5.41) is 3.87. The van der Waals surface area contributed by atoms with Crippen molar-refractivity contribution < 1.29 is 9.59 Å². The third kappa shape index (κ3) is 2.36. The molecular formula is C19H13ClN2O2. The van der Waals surface area contributed by atoms with E-state index in [-0.39, 0.29) is 17.6 Å². The summed E-state index contributed by atoms with van der Waals surface area (Å²) in [7, 11) is 0. The molecule has 0 aliphatic carbocycles. The van der Waals surface area contributed by atoms with Gasteiger partial charge in [-0.25, -0.2) is 0 Å². The van der Waals surface area contributed by atoms with Crippen molar-refractivity contribution >= 4 is 39.9 Å². The van der Waals surface area contributed by atoms with Crippen LogP contribution in [-0.4, -0.2) is 22.6 Å². The standard InChI is InChI=1S/C19H13ClN2O2/c20-10-17(23)12-6-7-15-13(9-12)18(19(24)22-15)16-8-5-11-3-1-2-4-14(11)21-16/h1-9,18H,10H2,(H,22,24). The predicted molar refractivity (Wildman–Crippen MR) is 93.7 cm³/mol. The first kappa shape index (κ1) is 14.8. The van der Waals surface area contributed by atoms with Gasteiger partial charge in [-0.05, 0) is 35.9 Å². The fourth-order valence-electron chi connectivity index (χ4n) is 3.05. The number of hydrogen-bond donors (Lipinski definition) is 1. The van der Waals surface area contributed by atoms with Crippen molar-refractivity contribution in [3.05, 3.63) is 71.4 Å². The molecular weight excluding hydrogens is 324 g/mol. The number of ketones is 1. The van der Waals surface area contributed by atoms with E-state index in [1.807, 2.05) is 36.4 Å². The van der Waals surface area contributed by atoms with Crippen LogP contribution in [0.2, 0.25) is 0 Å². The topological polar surface area (TPSA) is 59.1 Å². The molecule has 1 aromatic heterocycles. The summed E-state index contributed by atoms with van der Waals surface area (Å²) in [6.07, 6.45) is 0. The van der Waals surface area contributed by atoms with Crippen molar-refractivity contribution in [1.29, 1.82) is 0 Å². The number of benzene rings is 2. The summed E-state index contributed by atoms with van der Waals surface area (Å²) in [6.45, 7) is 0. The molecule has 1 amide bonds. The van der Waals surface area contributed by atoms with E-state index < -0.39 is 5.92 Å². The van der Waals surface area contributed by atoms with E-state index in [0.717, 1.165) is 16.5 Å². The summed E-state index contributed by atoms with van der Waals surface area (Å²) < 4.78 is 0. The van der Waals surface area contributed by atoms with Gasteiger partial charge >= 0.3 is 0 Å². The maximum absolute atomic E-state index is 12.5. The lowest BCUT2D eigenvalue weighted by molar-refractivity contribution is -0.116. The summed E-state index contributed by atoms with van der Waals surface area (Å²) in [5.41, 5.74) is 3.49. The Morgan fingerprint density at radius 2 is 1.96 bits per heavy atom. The molecule has 0 saturated carbocycles. The van der Waals surface area contributed by atoms with E-state index >= 15 is 0 Å². The zero-order chi connectivity index (χ0) is 16.7. The molecule has 1 atom stereocenters. The van der Waals surface area contributed by atoms with Gasteiger partial charge in [0.15, 0.2) is 5.78 Å². The second-order valence-electron chi connectivity index (χ2n) is 5.71. The smallest absolute Gasteiger partial charge is 0.238 e. The molecule has 118 valence electrons. The van der Waals surface area contributed by atoms with Crippen LogP contribution in [0.25, 0.3) is 10.9 Å². The monoisotopic (exact) mass is 336 g/mol. The molecule has 0 saturated heterocycles. The molecule has 2 aromatic carbocycles. The molecule has 3 aromatic rings. The lowest BCUT2D eigenvalue weighted by Crippen LogP contribution is -2.14. The van der Waals surface area contributed by atoms with Gasteiger partial charge in [-0.1, -0.05) is 24.3 Å². The van der Waals surface area contributed by atoms with Gasteiger partial charge in [0.25, 0.3) is 0 Å². The number of aromatic nitrogens is 1. The van der Waals surface area contributed by atoms with Crippen molar-refractivity contribution in [3.8, 4) is 0 Å². The molecule has 4 nitrogen and oxygen atoms in total. The fourth-order valence-corrected chi connectivity index (χ4v) is 3.20. The van der Waals surface area contributed by atoms with Gasteiger partial charge in [0.1, 0.15) is 5.92 Å². The van der Waals surface area contributed by atoms with Gasteiger partial charge in [-0.2, -0.15) is 0 Å². The first-order valence-electron chi connectivity index (χ1n) is 7.57. The SMILES string of the molecule is O=C(CCl)c1ccc2c(c1)C(c1ccc3ccccc3n1)C(=O)N2. The number of nitrogens with one attached hydrogen (secondary N) is 1. The number of fused-ring (bicyclic) bond motifs is 2. The number of anilines is 1. The largest absolute Gasteiger partial charge is 0.325 e. The Morgan fingerprint density at radius 3 is 2.79 bits per heavy atom. The summed E-state index contributed by atoms with van der Waals surface area (Å²) >= 11 is 5.64. The highest BCUT2D eigenvalue weighted by molar-refractivity contribution is 6.30. The maximum atomic E-state index is 12.5. The molecule has 1 N–H and O–H groups in total. The minimum atomic E-state index is -0.521. The molecule has 2 heterocycles. The molecule has 0 bridgehead atoms. The number of rotatable bonds is 3. The highest BCUT2D eigenvalue weighted by Crippen LogP contribution is 2.37. The number of amides is 1. The second kappa shape index (κ2) is 5.73. The summed E-state index contributed by atoms with van der Waals surface area (Å²) in [5.74, 6) is -0.904. The van der Waals surface area contributed by atoms with E-state index in [0.29, 0.717) is 16.9 Å². The lowest BCUT2D eigenvalue weighted by Gasteiger charge is -2.10. The van der Waals surface area contributed by atoms with Crippen molar-refractivity contribution in [3.63, 3.8) is 0 Å². The Bertz CT molecular complexity index is 984. The van der Waals surface area contributed by atoms with E-state index in [1.165, 1.54) is 0 Å². The summed E-state index contributed by atoms with van der Waals surface area (Å²) in [4.78, 5) is 28.9. The highest BCUT2D eigenvalue weighted by atomic mass is 35.5. The number of para-hydroxylation sites is 1. The maximum Gasteiger partial charge on any atom is 0.238 e. The van der Waals surface area contributed by atoms with Crippen LogP contribution in [0.3, 0.4) is 0 Å². The van der Waals surface area contributed by atoms with Gasteiger partial charge in [-0.15, -0.1) is 11.6 Å². The van der Waals surface area contributed by atoms with Crippen LogP contribution in [0, 0.1) is 0 Å². The molecule has 1 aliphatic heterocycles. The van der Waals surface area contributed by atoms with Crippen LogP contribution in [0.4, 0.5) is 5.69 Å². The number of nitrogens with zero attached hydrogens (tertiary/aromatic N) is 1. The van der Waals surface area contributed by atoms with Crippen LogP contribution >= 0.6 is 11.6 Å². The molecule has 0 radical (unpaired) electrons. The minimum Gasteiger partial charge on any atom is -0.325 e. The van der Waals surface area contributed by atoms with Gasteiger partial charge in [-0.3, -0.25) is 14.6 Å². The van der Waals surface area contributed by atoms with Crippen molar-refractivity contribution in [2.75, 3.05) is 11.2 Å². The zero-order valence-corrected chi connectivity index (χ0v) is 13.4. The van der Waals surface area contributed by atoms with Gasteiger partial charge in [0, 0.05) is 16.6 Å². The number of carbonyl (C=O) groups is 2. The number of halogens is 1. The zero-order valence-electron chi connectivity index (χ0n) is 12.6. The van der Waals surface area contributed by atoms with Crippen molar-refractivity contribution in [2.24, 2.45) is 0 Å². The van der Waals surface area contributed by atoms with Crippen LogP contribution in [-0.2, 0) is 4.79 Å². The van der Waals surface area contributed by atoms with Crippen LogP contribution < -0.4 is 5.32 Å². The number of hydrogen-bond acceptors (Lipinski definition) is 3. The minimum absolute atomic E-state index is 0.0843. The van der Waals surface area contributed by atoms with E-state index in [4.69, 9.17) is 11.6 Å². The Labute approximate surface area is 143 Å². The number of alkyl halides is 1. The van der Waals surface area contributed by atoms with Gasteiger partial charge < -0.3 is 5.32 Å². The first-order chi connectivity index (χ1) is 11.7. The van der Waals surface area contributed by atoms with E-state index in [9.17, 15) is 9.59 Å². The average Bonchev–Trinajstić information content (AvgIpc) is 2.95. The number of pyridine rings is 1. The third-order valence-electron chi connectivity index (χ3n) is 4.24. The highest BCUT2D eigenvalue weighted by Gasteiger charge is 2.33. The fraction of sp³-hybridized carbons (Fsp3) is 0.105. The molecule has 1 aliphatic rings. The number of carbonyl (C=O) groups excluding carboxylic acids is 2. The molecule has 1 unspecified atom stereocenters. The Morgan fingerprint density at radius 1 is 1.12 bits per heavy atom. The normalized spacial score (nSPS) is 16.0. The molecule has 0 spiro atoms. The van der Waals surface area contributed by atoms with Gasteiger partial charge in [0.05, 0.1) is 17.1 Å². The quantitative estimate of drug-likeness (QED) is 0.585. The Kier molecular flexibility index (Phi) is 3.54. The molecule has 24 heavy (non-hydrogen) atoms. The van der Waals surface area contributed by atoms with Crippen molar-refractivity contribution in [1.82, 2.24) is 4.98 Å². The Hall–Kier alpha value is -2.72. The van der Waals surface area contributed by atoms with E-state index in [1.54, 1.807) is 18.2 Å². The molecule has 4 rings (SSSR count). The first-order valence-corrected chi connectivity index (χ1v) is 8.10. The van der Waals surface area contributed by atoms with Crippen molar-refractivity contribution in [2.45, 2.75) is 5.92 Å². The Balaban J connectivity index is 1.83.